The summed E-state index contributed by atoms with van der Waals surface area (Å²) >= 11 is 0. The molecule has 0 aliphatic carbocycles. The second kappa shape index (κ2) is 9.84. The molecule has 0 saturated heterocycles. The molecule has 7 nitrogen and oxygen atoms in total. The maximum absolute atomic E-state index is 13.5. The number of imide groups is 2. The molecule has 3 aromatic carbocycles. The first-order chi connectivity index (χ1) is 17.5. The molecule has 7 heteroatoms. The van der Waals surface area contributed by atoms with Gasteiger partial charge in [0.05, 0.1) is 24.2 Å². The van der Waals surface area contributed by atoms with Crippen LogP contribution in [0.3, 0.4) is 0 Å². The summed E-state index contributed by atoms with van der Waals surface area (Å²) in [5.41, 5.74) is 2.34. The van der Waals surface area contributed by atoms with Crippen LogP contribution in [-0.4, -0.2) is 33.4 Å². The first kappa shape index (κ1) is 23.0. The maximum Gasteiger partial charge on any atom is 0.277 e. The largest absolute Gasteiger partial charge is 0.376 e. The summed E-state index contributed by atoms with van der Waals surface area (Å²) in [6.07, 6.45) is 1.15. The normalized spacial score (nSPS) is 15.7. The molecule has 1 N–H and O–H groups in total. The van der Waals surface area contributed by atoms with Crippen molar-refractivity contribution in [2.75, 3.05) is 0 Å². The van der Waals surface area contributed by atoms with Gasteiger partial charge < -0.3 is 5.32 Å². The first-order valence-electron chi connectivity index (χ1n) is 11.6. The van der Waals surface area contributed by atoms with E-state index in [0.717, 1.165) is 32.6 Å². The van der Waals surface area contributed by atoms with Crippen LogP contribution in [0.15, 0.2) is 114 Å². The third-order valence-electron chi connectivity index (χ3n) is 6.13. The Kier molecular flexibility index (Phi) is 6.28. The third kappa shape index (κ3) is 4.46. The van der Waals surface area contributed by atoms with E-state index in [-0.39, 0.29) is 36.5 Å². The molecule has 0 spiro atoms. The van der Waals surface area contributed by atoms with E-state index >= 15 is 0 Å². The number of hydrogen-bond acceptors (Lipinski definition) is 5. The molecule has 2 aliphatic heterocycles. The lowest BCUT2D eigenvalue weighted by atomic mass is 10.0. The molecule has 0 saturated carbocycles. The van der Waals surface area contributed by atoms with Gasteiger partial charge in [-0.05, 0) is 16.7 Å². The average molecular weight is 478 g/mol. The number of nitrogens with one attached hydrogen (secondary N) is 1. The van der Waals surface area contributed by atoms with E-state index in [1.807, 2.05) is 91.0 Å². The van der Waals surface area contributed by atoms with E-state index in [1.165, 1.54) is 0 Å². The Balaban J connectivity index is 1.47. The number of rotatable bonds is 8. The van der Waals surface area contributed by atoms with Gasteiger partial charge in [-0.15, -0.1) is 0 Å². The summed E-state index contributed by atoms with van der Waals surface area (Å²) in [4.78, 5) is 55.3. The predicted octanol–water partition coefficient (Wildman–Crippen LogP) is 3.09. The smallest absolute Gasteiger partial charge is 0.277 e. The Hall–Kier alpha value is -4.78. The van der Waals surface area contributed by atoms with Crippen LogP contribution < -0.4 is 5.32 Å². The molecule has 5 rings (SSSR count). The van der Waals surface area contributed by atoms with Gasteiger partial charge in [0.15, 0.2) is 0 Å². The molecule has 2 aliphatic rings. The van der Waals surface area contributed by atoms with E-state index in [9.17, 15) is 19.2 Å². The Morgan fingerprint density at radius 3 is 1.61 bits per heavy atom. The lowest BCUT2D eigenvalue weighted by Gasteiger charge is -2.16. The quantitative estimate of drug-likeness (QED) is 0.504. The number of carbonyl (C=O) groups is 4. The van der Waals surface area contributed by atoms with Gasteiger partial charge in [0.2, 0.25) is 0 Å². The number of benzene rings is 3. The molecular weight excluding hydrogens is 454 g/mol. The lowest BCUT2D eigenvalue weighted by molar-refractivity contribution is -0.140. The minimum absolute atomic E-state index is 0.0220. The lowest BCUT2D eigenvalue weighted by Crippen LogP contribution is -2.33. The summed E-state index contributed by atoms with van der Waals surface area (Å²) in [5.74, 6) is -2.25. The maximum atomic E-state index is 13.5. The molecule has 0 radical (unpaired) electrons. The van der Waals surface area contributed by atoms with Crippen molar-refractivity contribution in [1.82, 2.24) is 15.1 Å². The fourth-order valence-electron chi connectivity index (χ4n) is 4.29. The highest BCUT2D eigenvalue weighted by Gasteiger charge is 2.45. The van der Waals surface area contributed by atoms with Crippen molar-refractivity contribution in [2.24, 2.45) is 0 Å². The summed E-state index contributed by atoms with van der Waals surface area (Å²) in [6.45, 7) is 0.414. The topological polar surface area (TPSA) is 86.8 Å². The summed E-state index contributed by atoms with van der Waals surface area (Å²) in [6, 6.07) is 27.7. The van der Waals surface area contributed by atoms with Crippen LogP contribution in [0.5, 0.6) is 0 Å². The molecule has 0 aromatic heterocycles. The van der Waals surface area contributed by atoms with Gasteiger partial charge >= 0.3 is 0 Å². The number of carbonyl (C=O) groups excluding carboxylic acids is 4. The van der Waals surface area contributed by atoms with Gasteiger partial charge in [-0.1, -0.05) is 91.0 Å². The standard InChI is InChI=1S/C29H23N3O4/c33-24-16-23(27(34)31(24)18-21-12-6-2-7-13-21)25-26(30-17-20-10-4-1-5-11-20)29(36)32(28(25)35)19-22-14-8-3-9-15-22/h1-16,30H,17-19H2. The number of hydrogen-bond donors (Lipinski definition) is 1. The van der Waals surface area contributed by atoms with Crippen molar-refractivity contribution < 1.29 is 19.2 Å². The van der Waals surface area contributed by atoms with Crippen LogP contribution >= 0.6 is 0 Å². The van der Waals surface area contributed by atoms with Crippen LogP contribution in [0.2, 0.25) is 0 Å². The SMILES string of the molecule is O=C1C=C(C2=C(NCc3ccccc3)C(=O)N(Cc3ccccc3)C2=O)C(=O)N1Cc1ccccc1. The van der Waals surface area contributed by atoms with Crippen LogP contribution in [0.1, 0.15) is 16.7 Å². The second-order valence-electron chi connectivity index (χ2n) is 8.54. The van der Waals surface area contributed by atoms with Crippen LogP contribution in [0.25, 0.3) is 0 Å². The van der Waals surface area contributed by atoms with Crippen molar-refractivity contribution in [2.45, 2.75) is 19.6 Å². The van der Waals surface area contributed by atoms with Crippen LogP contribution in [-0.2, 0) is 38.8 Å². The Bertz CT molecular complexity index is 1400. The molecule has 4 amide bonds. The fraction of sp³-hybridized carbons (Fsp3) is 0.103. The fourth-order valence-corrected chi connectivity index (χ4v) is 4.29. The highest BCUT2D eigenvalue weighted by atomic mass is 16.2. The Labute approximate surface area is 208 Å². The number of amides is 4. The van der Waals surface area contributed by atoms with Crippen molar-refractivity contribution in [3.63, 3.8) is 0 Å². The van der Waals surface area contributed by atoms with E-state index in [2.05, 4.69) is 5.32 Å². The summed E-state index contributed by atoms with van der Waals surface area (Å²) in [5, 5.41) is 3.07. The molecule has 0 atom stereocenters. The van der Waals surface area contributed by atoms with Gasteiger partial charge in [-0.25, -0.2) is 0 Å². The van der Waals surface area contributed by atoms with Gasteiger partial charge in [-0.3, -0.25) is 29.0 Å². The van der Waals surface area contributed by atoms with Gasteiger partial charge in [0.25, 0.3) is 23.6 Å². The minimum atomic E-state index is -0.603. The van der Waals surface area contributed by atoms with Crippen LogP contribution in [0, 0.1) is 0 Å². The Morgan fingerprint density at radius 2 is 1.06 bits per heavy atom. The van der Waals surface area contributed by atoms with E-state index in [4.69, 9.17) is 0 Å². The zero-order chi connectivity index (χ0) is 25.1. The zero-order valence-corrected chi connectivity index (χ0v) is 19.4. The molecule has 3 aromatic rings. The molecule has 0 unspecified atom stereocenters. The zero-order valence-electron chi connectivity index (χ0n) is 19.4. The molecule has 36 heavy (non-hydrogen) atoms. The minimum Gasteiger partial charge on any atom is -0.376 e. The molecular formula is C29H23N3O4. The van der Waals surface area contributed by atoms with E-state index in [0.29, 0.717) is 0 Å². The third-order valence-corrected chi connectivity index (χ3v) is 6.13. The highest BCUT2D eigenvalue weighted by Crippen LogP contribution is 2.31. The molecule has 0 bridgehead atoms. The second-order valence-corrected chi connectivity index (χ2v) is 8.54. The van der Waals surface area contributed by atoms with Crippen molar-refractivity contribution in [3.05, 3.63) is 131 Å². The monoisotopic (exact) mass is 477 g/mol. The van der Waals surface area contributed by atoms with Crippen LogP contribution in [0.4, 0.5) is 0 Å². The molecule has 178 valence electrons. The first-order valence-corrected chi connectivity index (χ1v) is 11.6. The van der Waals surface area contributed by atoms with Crippen molar-refractivity contribution in [3.8, 4) is 0 Å². The summed E-state index contributed by atoms with van der Waals surface area (Å²) in [7, 11) is 0. The van der Waals surface area contributed by atoms with E-state index in [1.54, 1.807) is 0 Å². The van der Waals surface area contributed by atoms with Gasteiger partial charge in [0, 0.05) is 12.6 Å². The van der Waals surface area contributed by atoms with Crippen molar-refractivity contribution in [1.29, 1.82) is 0 Å². The highest BCUT2D eigenvalue weighted by molar-refractivity contribution is 6.29. The van der Waals surface area contributed by atoms with Gasteiger partial charge in [-0.2, -0.15) is 0 Å². The van der Waals surface area contributed by atoms with E-state index < -0.39 is 23.6 Å². The molecule has 0 fully saturated rings. The Morgan fingerprint density at radius 1 is 0.556 bits per heavy atom. The average Bonchev–Trinajstić information content (AvgIpc) is 3.31. The summed E-state index contributed by atoms with van der Waals surface area (Å²) < 4.78 is 0. The van der Waals surface area contributed by atoms with Gasteiger partial charge in [0.1, 0.15) is 5.70 Å². The van der Waals surface area contributed by atoms with Crippen molar-refractivity contribution >= 4 is 23.6 Å². The molecule has 2 heterocycles. The predicted molar refractivity (Wildman–Crippen MR) is 132 cm³/mol. The number of nitrogens with zero attached hydrogens (tertiary/aromatic N) is 2.